The van der Waals surface area contributed by atoms with E-state index in [1.807, 2.05) is 0 Å². The van der Waals surface area contributed by atoms with Crippen LogP contribution in [0.2, 0.25) is 0 Å². The molecular formula is C19H26F3NO4. The van der Waals surface area contributed by atoms with Crippen LogP contribution in [0.15, 0.2) is 18.2 Å². The fraction of sp³-hybridized carbons (Fsp3) is 0.632. The van der Waals surface area contributed by atoms with Gasteiger partial charge in [0.25, 0.3) is 0 Å². The van der Waals surface area contributed by atoms with Crippen molar-refractivity contribution in [3.8, 4) is 5.75 Å². The van der Waals surface area contributed by atoms with Crippen molar-refractivity contribution < 1.29 is 32.2 Å². The highest BCUT2D eigenvalue weighted by molar-refractivity contribution is 5.68. The number of amides is 1. The van der Waals surface area contributed by atoms with Gasteiger partial charge in [0.2, 0.25) is 0 Å². The predicted octanol–water partition coefficient (Wildman–Crippen LogP) is 4.28. The quantitative estimate of drug-likeness (QED) is 0.771. The van der Waals surface area contributed by atoms with Gasteiger partial charge in [-0.3, -0.25) is 0 Å². The number of halogens is 3. The van der Waals surface area contributed by atoms with Crippen molar-refractivity contribution in [2.75, 3.05) is 26.3 Å². The molecule has 0 saturated carbocycles. The van der Waals surface area contributed by atoms with Crippen LogP contribution in [-0.2, 0) is 22.1 Å². The lowest BCUT2D eigenvalue weighted by Gasteiger charge is -2.34. The lowest BCUT2D eigenvalue weighted by atomic mass is 10.0. The maximum Gasteiger partial charge on any atom is 0.419 e. The Labute approximate surface area is 157 Å². The number of rotatable bonds is 4. The molecule has 0 unspecified atom stereocenters. The van der Waals surface area contributed by atoms with Crippen LogP contribution in [0.4, 0.5) is 18.0 Å². The summed E-state index contributed by atoms with van der Waals surface area (Å²) in [6.45, 7) is 8.09. The van der Waals surface area contributed by atoms with Gasteiger partial charge in [0.15, 0.2) is 0 Å². The first-order valence-corrected chi connectivity index (χ1v) is 8.92. The van der Waals surface area contributed by atoms with Crippen molar-refractivity contribution in [2.45, 2.75) is 52.0 Å². The summed E-state index contributed by atoms with van der Waals surface area (Å²) in [6, 6.07) is 4.01. The first-order valence-electron chi connectivity index (χ1n) is 8.92. The Morgan fingerprint density at radius 3 is 2.59 bits per heavy atom. The van der Waals surface area contributed by atoms with Crippen molar-refractivity contribution in [1.29, 1.82) is 0 Å². The highest BCUT2D eigenvalue weighted by Crippen LogP contribution is 2.37. The smallest absolute Gasteiger partial charge is 0.419 e. The van der Waals surface area contributed by atoms with E-state index < -0.39 is 29.5 Å². The van der Waals surface area contributed by atoms with Crippen LogP contribution >= 0.6 is 0 Å². The fourth-order valence-electron chi connectivity index (χ4n) is 2.81. The second-order valence-electron chi connectivity index (χ2n) is 7.38. The first-order chi connectivity index (χ1) is 12.5. The van der Waals surface area contributed by atoms with Crippen LogP contribution in [0.3, 0.4) is 0 Å². The number of carbonyl (C=O) groups is 1. The van der Waals surface area contributed by atoms with Gasteiger partial charge < -0.3 is 19.1 Å². The molecule has 0 radical (unpaired) electrons. The molecule has 1 heterocycles. The zero-order chi connectivity index (χ0) is 20.2. The highest BCUT2D eigenvalue weighted by Gasteiger charge is 2.35. The largest absolute Gasteiger partial charge is 0.493 e. The van der Waals surface area contributed by atoms with E-state index in [9.17, 15) is 18.0 Å². The molecule has 1 amide bonds. The molecule has 2 rings (SSSR count). The normalized spacial score (nSPS) is 18.3. The summed E-state index contributed by atoms with van der Waals surface area (Å²) < 4.78 is 55.9. The predicted molar refractivity (Wildman–Crippen MR) is 93.9 cm³/mol. The highest BCUT2D eigenvalue weighted by atomic mass is 19.4. The van der Waals surface area contributed by atoms with Crippen molar-refractivity contribution in [1.82, 2.24) is 4.90 Å². The van der Waals surface area contributed by atoms with E-state index in [1.165, 1.54) is 11.0 Å². The number of benzene rings is 1. The number of nitrogens with zero attached hydrogens (tertiary/aromatic N) is 1. The number of alkyl halides is 3. The molecule has 1 atom stereocenters. The van der Waals surface area contributed by atoms with E-state index in [1.54, 1.807) is 33.8 Å². The maximum absolute atomic E-state index is 13.3. The van der Waals surface area contributed by atoms with Gasteiger partial charge in [-0.25, -0.2) is 4.79 Å². The molecule has 1 aromatic rings. The Hall–Kier alpha value is -1.96. The number of morpholine rings is 1. The molecular weight excluding hydrogens is 363 g/mol. The SMILES string of the molecule is CCOc1ccc(C[C@@H]2CN(C(=O)OC(C)(C)C)CCO2)cc1C(F)(F)F. The Balaban J connectivity index is 2.09. The lowest BCUT2D eigenvalue weighted by Crippen LogP contribution is -2.48. The van der Waals surface area contributed by atoms with Gasteiger partial charge in [-0.15, -0.1) is 0 Å². The van der Waals surface area contributed by atoms with Gasteiger partial charge in [0.1, 0.15) is 11.4 Å². The molecule has 0 bridgehead atoms. The summed E-state index contributed by atoms with van der Waals surface area (Å²) in [4.78, 5) is 13.7. The first kappa shape index (κ1) is 21.3. The van der Waals surface area contributed by atoms with Crippen LogP contribution in [0.5, 0.6) is 5.75 Å². The van der Waals surface area contributed by atoms with Gasteiger partial charge >= 0.3 is 12.3 Å². The Kier molecular flexibility index (Phi) is 6.62. The topological polar surface area (TPSA) is 48.0 Å². The van der Waals surface area contributed by atoms with Crippen LogP contribution in [0, 0.1) is 0 Å². The number of hydrogen-bond acceptors (Lipinski definition) is 4. The summed E-state index contributed by atoms with van der Waals surface area (Å²) in [7, 11) is 0. The third-order valence-electron chi connectivity index (χ3n) is 3.90. The molecule has 0 spiro atoms. The lowest BCUT2D eigenvalue weighted by molar-refractivity contribution is -0.139. The molecule has 1 aliphatic rings. The molecule has 1 aliphatic heterocycles. The van der Waals surface area contributed by atoms with Gasteiger partial charge in [0.05, 0.1) is 31.4 Å². The molecule has 1 saturated heterocycles. The number of hydrogen-bond donors (Lipinski definition) is 0. The molecule has 8 heteroatoms. The minimum atomic E-state index is -4.50. The van der Waals surface area contributed by atoms with Crippen molar-refractivity contribution in [3.63, 3.8) is 0 Å². The van der Waals surface area contributed by atoms with Crippen LogP contribution in [-0.4, -0.2) is 49.0 Å². The van der Waals surface area contributed by atoms with Crippen molar-refractivity contribution in [3.05, 3.63) is 29.3 Å². The second-order valence-corrected chi connectivity index (χ2v) is 7.38. The van der Waals surface area contributed by atoms with Crippen molar-refractivity contribution >= 4 is 6.09 Å². The molecule has 0 N–H and O–H groups in total. The van der Waals surface area contributed by atoms with E-state index in [0.29, 0.717) is 18.7 Å². The second kappa shape index (κ2) is 8.37. The molecule has 0 aromatic heterocycles. The van der Waals surface area contributed by atoms with E-state index in [2.05, 4.69) is 0 Å². The maximum atomic E-state index is 13.3. The average Bonchev–Trinajstić information content (AvgIpc) is 2.54. The van der Waals surface area contributed by atoms with Gasteiger partial charge in [-0.05, 0) is 45.4 Å². The van der Waals surface area contributed by atoms with Gasteiger partial charge in [-0.2, -0.15) is 13.2 Å². The monoisotopic (exact) mass is 389 g/mol. The standard InChI is InChI=1S/C19H26F3NO4/c1-5-25-16-7-6-13(11-15(16)19(20,21)22)10-14-12-23(8-9-26-14)17(24)27-18(2,3)4/h6-7,11,14H,5,8-10,12H2,1-4H3/t14-/m1/s1. The third-order valence-corrected chi connectivity index (χ3v) is 3.90. The van der Waals surface area contributed by atoms with E-state index in [4.69, 9.17) is 14.2 Å². The summed E-state index contributed by atoms with van der Waals surface area (Å²) >= 11 is 0. The van der Waals surface area contributed by atoms with Crippen molar-refractivity contribution in [2.24, 2.45) is 0 Å². The van der Waals surface area contributed by atoms with E-state index >= 15 is 0 Å². The molecule has 1 fully saturated rings. The molecule has 0 aliphatic carbocycles. The Morgan fingerprint density at radius 2 is 2.00 bits per heavy atom. The number of carbonyl (C=O) groups excluding carboxylic acids is 1. The Morgan fingerprint density at radius 1 is 1.30 bits per heavy atom. The summed E-state index contributed by atoms with van der Waals surface area (Å²) in [5, 5.41) is 0. The zero-order valence-corrected chi connectivity index (χ0v) is 16.1. The minimum absolute atomic E-state index is 0.152. The third kappa shape index (κ3) is 6.30. The van der Waals surface area contributed by atoms with Gasteiger partial charge in [-0.1, -0.05) is 6.07 Å². The Bertz CT molecular complexity index is 655. The fourth-order valence-corrected chi connectivity index (χ4v) is 2.81. The van der Waals surface area contributed by atoms with Crippen LogP contribution in [0.25, 0.3) is 0 Å². The molecule has 5 nitrogen and oxygen atoms in total. The molecule has 152 valence electrons. The van der Waals surface area contributed by atoms with Crippen LogP contribution < -0.4 is 4.74 Å². The zero-order valence-electron chi connectivity index (χ0n) is 16.1. The summed E-state index contributed by atoms with van der Waals surface area (Å²) in [6.07, 6.45) is -5.09. The minimum Gasteiger partial charge on any atom is -0.493 e. The van der Waals surface area contributed by atoms with Crippen LogP contribution in [0.1, 0.15) is 38.8 Å². The molecule has 27 heavy (non-hydrogen) atoms. The van der Waals surface area contributed by atoms with E-state index in [0.717, 1.165) is 6.07 Å². The summed E-state index contributed by atoms with van der Waals surface area (Å²) in [5.74, 6) is -0.186. The average molecular weight is 389 g/mol. The molecule has 1 aromatic carbocycles. The van der Waals surface area contributed by atoms with E-state index in [-0.39, 0.29) is 25.3 Å². The van der Waals surface area contributed by atoms with Gasteiger partial charge in [0, 0.05) is 13.0 Å². The summed E-state index contributed by atoms with van der Waals surface area (Å²) in [5.41, 5.74) is -0.940. The number of ether oxygens (including phenoxy) is 3.